The second-order valence-electron chi connectivity index (χ2n) is 6.02. The maximum absolute atomic E-state index is 12.8. The topological polar surface area (TPSA) is 49.4 Å². The fourth-order valence-corrected chi connectivity index (χ4v) is 2.80. The zero-order chi connectivity index (χ0) is 16.6. The Morgan fingerprint density at radius 3 is 2.57 bits per heavy atom. The molecule has 1 aromatic rings. The fourth-order valence-electron chi connectivity index (χ4n) is 2.80. The molecule has 0 radical (unpaired) electrons. The lowest BCUT2D eigenvalue weighted by atomic mass is 10.1. The Bertz CT molecular complexity index is 626. The number of rotatable bonds is 3. The van der Waals surface area contributed by atoms with Gasteiger partial charge in [-0.15, -0.1) is 0 Å². The van der Waals surface area contributed by atoms with Gasteiger partial charge in [-0.1, -0.05) is 6.07 Å². The molecule has 1 saturated heterocycles. The number of nitrogens with zero attached hydrogens (tertiary/aromatic N) is 1. The number of nitrogens with one attached hydrogen (secondary N) is 1. The predicted molar refractivity (Wildman–Crippen MR) is 76.7 cm³/mol. The molecule has 1 aromatic carbocycles. The molecule has 7 heteroatoms. The highest BCUT2D eigenvalue weighted by atomic mass is 19.4. The van der Waals surface area contributed by atoms with Gasteiger partial charge in [0.25, 0.3) is 5.91 Å². The van der Waals surface area contributed by atoms with Crippen LogP contribution in [0.25, 0.3) is 0 Å². The lowest BCUT2D eigenvalue weighted by Gasteiger charge is -2.24. The third-order valence-corrected chi connectivity index (χ3v) is 4.18. The van der Waals surface area contributed by atoms with Crippen LogP contribution in [0.3, 0.4) is 0 Å². The molecule has 1 aliphatic heterocycles. The van der Waals surface area contributed by atoms with Crippen LogP contribution < -0.4 is 5.32 Å². The summed E-state index contributed by atoms with van der Waals surface area (Å²) in [4.78, 5) is 26.1. The van der Waals surface area contributed by atoms with Crippen molar-refractivity contribution in [2.75, 3.05) is 6.54 Å². The van der Waals surface area contributed by atoms with Crippen molar-refractivity contribution in [3.05, 3.63) is 35.4 Å². The molecule has 1 saturated carbocycles. The first-order valence-corrected chi connectivity index (χ1v) is 7.65. The molecule has 1 heterocycles. The smallest absolute Gasteiger partial charge is 0.352 e. The average Bonchev–Trinajstić information content (AvgIpc) is 3.18. The maximum atomic E-state index is 12.8. The number of halogens is 3. The first-order valence-electron chi connectivity index (χ1n) is 7.65. The zero-order valence-electron chi connectivity index (χ0n) is 12.4. The van der Waals surface area contributed by atoms with Gasteiger partial charge in [0.15, 0.2) is 0 Å². The summed E-state index contributed by atoms with van der Waals surface area (Å²) in [5.41, 5.74) is -0.896. The van der Waals surface area contributed by atoms with Crippen LogP contribution in [-0.2, 0) is 11.0 Å². The molecule has 1 unspecified atom stereocenters. The van der Waals surface area contributed by atoms with Gasteiger partial charge in [-0.2, -0.15) is 13.2 Å². The van der Waals surface area contributed by atoms with E-state index in [1.165, 1.54) is 17.0 Å². The Labute approximate surface area is 131 Å². The second kappa shape index (κ2) is 5.86. The largest absolute Gasteiger partial charge is 0.416 e. The molecule has 2 aliphatic rings. The van der Waals surface area contributed by atoms with Crippen LogP contribution in [0.4, 0.5) is 13.2 Å². The predicted octanol–water partition coefficient (Wildman–Crippen LogP) is 2.59. The third kappa shape index (κ3) is 3.48. The number of hydrogen-bond acceptors (Lipinski definition) is 2. The highest BCUT2D eigenvalue weighted by Gasteiger charge is 2.37. The molecule has 0 bridgehead atoms. The van der Waals surface area contributed by atoms with Gasteiger partial charge in [0.1, 0.15) is 6.04 Å². The Balaban J connectivity index is 1.77. The van der Waals surface area contributed by atoms with Crippen molar-refractivity contribution in [1.82, 2.24) is 10.2 Å². The van der Waals surface area contributed by atoms with Crippen LogP contribution in [-0.4, -0.2) is 35.3 Å². The molecule has 4 nitrogen and oxygen atoms in total. The molecular formula is C16H17F3N2O2. The summed E-state index contributed by atoms with van der Waals surface area (Å²) in [7, 11) is 0. The number of likely N-dealkylation sites (tertiary alicyclic amines) is 1. The summed E-state index contributed by atoms with van der Waals surface area (Å²) in [5.74, 6) is -0.727. The van der Waals surface area contributed by atoms with Gasteiger partial charge >= 0.3 is 6.18 Å². The summed E-state index contributed by atoms with van der Waals surface area (Å²) >= 11 is 0. The van der Waals surface area contributed by atoms with Crippen molar-refractivity contribution >= 4 is 11.8 Å². The number of benzene rings is 1. The van der Waals surface area contributed by atoms with E-state index in [9.17, 15) is 22.8 Å². The van der Waals surface area contributed by atoms with Crippen LogP contribution in [0.1, 0.15) is 41.6 Å². The van der Waals surface area contributed by atoms with E-state index >= 15 is 0 Å². The Morgan fingerprint density at radius 2 is 1.91 bits per heavy atom. The van der Waals surface area contributed by atoms with Gasteiger partial charge < -0.3 is 10.2 Å². The van der Waals surface area contributed by atoms with E-state index in [1.54, 1.807) is 0 Å². The van der Waals surface area contributed by atoms with Crippen LogP contribution in [0.15, 0.2) is 24.3 Å². The van der Waals surface area contributed by atoms with Gasteiger partial charge in [0, 0.05) is 18.2 Å². The number of amides is 2. The second-order valence-corrected chi connectivity index (χ2v) is 6.02. The molecular weight excluding hydrogens is 309 g/mol. The van der Waals surface area contributed by atoms with Crippen molar-refractivity contribution in [3.8, 4) is 0 Å². The van der Waals surface area contributed by atoms with E-state index in [4.69, 9.17) is 0 Å². The number of alkyl halides is 3. The van der Waals surface area contributed by atoms with E-state index < -0.39 is 23.7 Å². The lowest BCUT2D eigenvalue weighted by Crippen LogP contribution is -2.46. The standard InChI is InChI=1S/C16H17F3N2O2/c17-16(18,19)11-4-1-3-10(9-11)15(23)21-8-2-5-13(21)14(22)20-12-6-7-12/h1,3-4,9,12-13H,2,5-8H2,(H,20,22). The lowest BCUT2D eigenvalue weighted by molar-refractivity contribution is -0.137. The van der Waals surface area contributed by atoms with Crippen molar-refractivity contribution in [3.63, 3.8) is 0 Å². The SMILES string of the molecule is O=C(NC1CC1)C1CCCN1C(=O)c1cccc(C(F)(F)F)c1. The van der Waals surface area contributed by atoms with Crippen LogP contribution >= 0.6 is 0 Å². The van der Waals surface area contributed by atoms with E-state index in [0.29, 0.717) is 19.4 Å². The quantitative estimate of drug-likeness (QED) is 0.928. The minimum absolute atomic E-state index is 0.0362. The van der Waals surface area contributed by atoms with E-state index in [0.717, 1.165) is 25.0 Å². The summed E-state index contributed by atoms with van der Waals surface area (Å²) in [6.07, 6.45) is -1.39. The van der Waals surface area contributed by atoms with Gasteiger partial charge in [0.05, 0.1) is 5.56 Å². The Hall–Kier alpha value is -2.05. The molecule has 1 atom stereocenters. The molecule has 2 amide bonds. The van der Waals surface area contributed by atoms with Crippen molar-refractivity contribution < 1.29 is 22.8 Å². The van der Waals surface area contributed by atoms with Crippen molar-refractivity contribution in [2.45, 2.75) is 43.9 Å². The number of carbonyl (C=O) groups excluding carboxylic acids is 2. The molecule has 3 rings (SSSR count). The van der Waals surface area contributed by atoms with Crippen molar-refractivity contribution in [1.29, 1.82) is 0 Å². The Morgan fingerprint density at radius 1 is 1.17 bits per heavy atom. The highest BCUT2D eigenvalue weighted by molar-refractivity contribution is 5.98. The normalized spacial score (nSPS) is 21.3. The summed E-state index contributed by atoms with van der Waals surface area (Å²) in [6, 6.07) is 3.94. The van der Waals surface area contributed by atoms with E-state index in [2.05, 4.69) is 5.32 Å². The molecule has 0 aromatic heterocycles. The maximum Gasteiger partial charge on any atom is 0.416 e. The molecule has 1 N–H and O–H groups in total. The Kier molecular flexibility index (Phi) is 4.04. The minimum Gasteiger partial charge on any atom is -0.352 e. The van der Waals surface area contributed by atoms with Gasteiger partial charge in [-0.3, -0.25) is 9.59 Å². The first-order chi connectivity index (χ1) is 10.9. The molecule has 0 spiro atoms. The van der Waals surface area contributed by atoms with Crippen LogP contribution in [0, 0.1) is 0 Å². The first kappa shape index (κ1) is 15.8. The monoisotopic (exact) mass is 326 g/mol. The van der Waals surface area contributed by atoms with Crippen LogP contribution in [0.5, 0.6) is 0 Å². The van der Waals surface area contributed by atoms with Gasteiger partial charge in [-0.25, -0.2) is 0 Å². The van der Waals surface area contributed by atoms with Gasteiger partial charge in [-0.05, 0) is 43.9 Å². The average molecular weight is 326 g/mol. The summed E-state index contributed by atoms with van der Waals surface area (Å²) in [5, 5.41) is 2.85. The number of carbonyl (C=O) groups is 2. The summed E-state index contributed by atoms with van der Waals surface area (Å²) in [6.45, 7) is 0.387. The number of hydrogen-bond donors (Lipinski definition) is 1. The minimum atomic E-state index is -4.50. The molecule has 1 aliphatic carbocycles. The molecule has 2 fully saturated rings. The van der Waals surface area contributed by atoms with Gasteiger partial charge in [0.2, 0.25) is 5.91 Å². The highest BCUT2D eigenvalue weighted by Crippen LogP contribution is 2.30. The third-order valence-electron chi connectivity index (χ3n) is 4.18. The van der Waals surface area contributed by atoms with E-state index in [-0.39, 0.29) is 17.5 Å². The van der Waals surface area contributed by atoms with Crippen molar-refractivity contribution in [2.24, 2.45) is 0 Å². The van der Waals surface area contributed by atoms with E-state index in [1.807, 2.05) is 0 Å². The zero-order valence-corrected chi connectivity index (χ0v) is 12.4. The van der Waals surface area contributed by atoms with Crippen LogP contribution in [0.2, 0.25) is 0 Å². The summed E-state index contributed by atoms with van der Waals surface area (Å²) < 4.78 is 38.3. The molecule has 124 valence electrons. The molecule has 23 heavy (non-hydrogen) atoms. The fraction of sp³-hybridized carbons (Fsp3) is 0.500.